The second kappa shape index (κ2) is 7.01. The molecule has 1 atom stereocenters. The van der Waals surface area contributed by atoms with Crippen LogP contribution in [0.2, 0.25) is 0 Å². The maximum absolute atomic E-state index is 11.5. The van der Waals surface area contributed by atoms with Gasteiger partial charge in [0.2, 0.25) is 5.91 Å². The highest BCUT2D eigenvalue weighted by atomic mass is 16.1. The van der Waals surface area contributed by atoms with Gasteiger partial charge in [-0.2, -0.15) is 0 Å². The molecule has 0 spiro atoms. The fourth-order valence-electron chi connectivity index (χ4n) is 1.28. The van der Waals surface area contributed by atoms with E-state index in [1.54, 1.807) is 6.20 Å². The zero-order chi connectivity index (χ0) is 12.7. The number of carbonyl (C=O) groups is 1. The van der Waals surface area contributed by atoms with Crippen molar-refractivity contribution in [3.8, 4) is 0 Å². The number of nitrogens with one attached hydrogen (secondary N) is 2. The molecule has 0 aliphatic carbocycles. The van der Waals surface area contributed by atoms with Crippen LogP contribution in [0.5, 0.6) is 0 Å². The smallest absolute Gasteiger partial charge is 0.234 e. The van der Waals surface area contributed by atoms with Crippen LogP contribution in [0.3, 0.4) is 0 Å². The third-order valence-corrected chi connectivity index (χ3v) is 2.69. The number of carbonyl (C=O) groups excluding carboxylic acids is 1. The van der Waals surface area contributed by atoms with Gasteiger partial charge in [0.25, 0.3) is 0 Å². The van der Waals surface area contributed by atoms with E-state index < -0.39 is 0 Å². The minimum absolute atomic E-state index is 0.0193. The van der Waals surface area contributed by atoms with Crippen molar-refractivity contribution in [3.63, 3.8) is 0 Å². The Morgan fingerprint density at radius 3 is 2.82 bits per heavy atom. The molecule has 0 fully saturated rings. The molecule has 0 aromatic carbocycles. The highest BCUT2D eigenvalue weighted by molar-refractivity contribution is 5.77. The van der Waals surface area contributed by atoms with E-state index in [4.69, 9.17) is 0 Å². The first-order valence-electron chi connectivity index (χ1n) is 6.03. The van der Waals surface area contributed by atoms with Crippen LogP contribution >= 0.6 is 0 Å². The van der Waals surface area contributed by atoms with Crippen molar-refractivity contribution in [2.75, 3.05) is 6.54 Å². The SMILES string of the molecule is CCC(C)NCC(=O)NCc1ccc(C)nc1. The van der Waals surface area contributed by atoms with Crippen molar-refractivity contribution in [1.29, 1.82) is 0 Å². The van der Waals surface area contributed by atoms with Gasteiger partial charge in [0.1, 0.15) is 0 Å². The Kier molecular flexibility index (Phi) is 5.63. The summed E-state index contributed by atoms with van der Waals surface area (Å²) in [5, 5.41) is 6.01. The summed E-state index contributed by atoms with van der Waals surface area (Å²) in [6.45, 7) is 7.01. The molecule has 1 aromatic rings. The van der Waals surface area contributed by atoms with Gasteiger partial charge < -0.3 is 10.6 Å². The Balaban J connectivity index is 2.26. The van der Waals surface area contributed by atoms with Crippen molar-refractivity contribution in [1.82, 2.24) is 15.6 Å². The molecule has 0 aliphatic heterocycles. The lowest BCUT2D eigenvalue weighted by Crippen LogP contribution is -2.37. The Bertz CT molecular complexity index is 348. The molecule has 2 N–H and O–H groups in total. The topological polar surface area (TPSA) is 54.0 Å². The predicted molar refractivity (Wildman–Crippen MR) is 68.6 cm³/mol. The zero-order valence-corrected chi connectivity index (χ0v) is 10.8. The van der Waals surface area contributed by atoms with Crippen molar-refractivity contribution in [3.05, 3.63) is 29.6 Å². The zero-order valence-electron chi connectivity index (χ0n) is 10.8. The summed E-state index contributed by atoms with van der Waals surface area (Å²) < 4.78 is 0. The van der Waals surface area contributed by atoms with Crippen molar-refractivity contribution in [2.45, 2.75) is 39.8 Å². The fraction of sp³-hybridized carbons (Fsp3) is 0.538. The monoisotopic (exact) mass is 235 g/mol. The molecule has 4 heteroatoms. The number of amides is 1. The van der Waals surface area contributed by atoms with Gasteiger partial charge in [0.15, 0.2) is 0 Å². The van der Waals surface area contributed by atoms with Gasteiger partial charge in [-0.3, -0.25) is 9.78 Å². The van der Waals surface area contributed by atoms with E-state index in [-0.39, 0.29) is 5.91 Å². The molecule has 1 amide bonds. The first-order chi connectivity index (χ1) is 8.11. The predicted octanol–water partition coefficient (Wildman–Crippen LogP) is 1.39. The molecule has 1 rings (SSSR count). The number of aryl methyl sites for hydroxylation is 1. The van der Waals surface area contributed by atoms with Crippen LogP contribution in [0.1, 0.15) is 31.5 Å². The van der Waals surface area contributed by atoms with Gasteiger partial charge in [-0.25, -0.2) is 0 Å². The second-order valence-corrected chi connectivity index (χ2v) is 4.27. The van der Waals surface area contributed by atoms with E-state index in [2.05, 4.69) is 29.5 Å². The van der Waals surface area contributed by atoms with E-state index in [0.29, 0.717) is 19.1 Å². The number of nitrogens with zero attached hydrogens (tertiary/aromatic N) is 1. The molecule has 94 valence electrons. The van der Waals surface area contributed by atoms with Crippen LogP contribution < -0.4 is 10.6 Å². The van der Waals surface area contributed by atoms with Crippen molar-refractivity contribution >= 4 is 5.91 Å². The maximum atomic E-state index is 11.5. The molecule has 1 heterocycles. The summed E-state index contributed by atoms with van der Waals surface area (Å²) in [6.07, 6.45) is 2.81. The number of hydrogen-bond acceptors (Lipinski definition) is 3. The molecule has 0 bridgehead atoms. The lowest BCUT2D eigenvalue weighted by Gasteiger charge is -2.11. The van der Waals surface area contributed by atoms with Crippen LogP contribution in [0.25, 0.3) is 0 Å². The largest absolute Gasteiger partial charge is 0.351 e. The summed E-state index contributed by atoms with van der Waals surface area (Å²) in [7, 11) is 0. The number of pyridine rings is 1. The fourth-order valence-corrected chi connectivity index (χ4v) is 1.28. The van der Waals surface area contributed by atoms with E-state index in [1.807, 2.05) is 19.1 Å². The van der Waals surface area contributed by atoms with Gasteiger partial charge >= 0.3 is 0 Å². The molecule has 0 saturated carbocycles. The summed E-state index contributed by atoms with van der Waals surface area (Å²) in [5.41, 5.74) is 2.01. The summed E-state index contributed by atoms with van der Waals surface area (Å²) in [4.78, 5) is 15.7. The quantitative estimate of drug-likeness (QED) is 0.783. The van der Waals surface area contributed by atoms with Gasteiger partial charge in [-0.1, -0.05) is 13.0 Å². The maximum Gasteiger partial charge on any atom is 0.234 e. The summed E-state index contributed by atoms with van der Waals surface area (Å²) in [5.74, 6) is 0.0193. The van der Waals surface area contributed by atoms with Gasteiger partial charge in [-0.15, -0.1) is 0 Å². The first-order valence-corrected chi connectivity index (χ1v) is 6.03. The minimum atomic E-state index is 0.0193. The summed E-state index contributed by atoms with van der Waals surface area (Å²) in [6, 6.07) is 4.30. The standard InChI is InChI=1S/C13H21N3O/c1-4-10(2)15-9-13(17)16-8-12-6-5-11(3)14-7-12/h5-7,10,15H,4,8-9H2,1-3H3,(H,16,17). The highest BCUT2D eigenvalue weighted by Crippen LogP contribution is 1.98. The molecule has 1 unspecified atom stereocenters. The average molecular weight is 235 g/mol. The van der Waals surface area contributed by atoms with E-state index in [1.165, 1.54) is 0 Å². The minimum Gasteiger partial charge on any atom is -0.351 e. The molecule has 0 aliphatic rings. The van der Waals surface area contributed by atoms with Crippen molar-refractivity contribution < 1.29 is 4.79 Å². The van der Waals surface area contributed by atoms with E-state index in [0.717, 1.165) is 17.7 Å². The molecule has 4 nitrogen and oxygen atoms in total. The van der Waals surface area contributed by atoms with Crippen molar-refractivity contribution in [2.24, 2.45) is 0 Å². The Morgan fingerprint density at radius 2 is 2.24 bits per heavy atom. The Morgan fingerprint density at radius 1 is 1.47 bits per heavy atom. The van der Waals surface area contributed by atoms with Crippen LogP contribution in [0.15, 0.2) is 18.3 Å². The first kappa shape index (κ1) is 13.6. The molecular weight excluding hydrogens is 214 g/mol. The molecule has 0 radical (unpaired) electrons. The van der Waals surface area contributed by atoms with Crippen LogP contribution in [-0.2, 0) is 11.3 Å². The molecular formula is C13H21N3O. The van der Waals surface area contributed by atoms with Gasteiger partial charge in [0.05, 0.1) is 6.54 Å². The van der Waals surface area contributed by atoms with E-state index >= 15 is 0 Å². The molecule has 1 aromatic heterocycles. The average Bonchev–Trinajstić information content (AvgIpc) is 2.35. The lowest BCUT2D eigenvalue weighted by atomic mass is 10.2. The van der Waals surface area contributed by atoms with Crippen LogP contribution in [-0.4, -0.2) is 23.5 Å². The Labute approximate surface area is 103 Å². The van der Waals surface area contributed by atoms with Crippen LogP contribution in [0, 0.1) is 6.92 Å². The number of hydrogen-bond donors (Lipinski definition) is 2. The lowest BCUT2D eigenvalue weighted by molar-refractivity contribution is -0.120. The molecule has 0 saturated heterocycles. The van der Waals surface area contributed by atoms with Crippen LogP contribution in [0.4, 0.5) is 0 Å². The number of aromatic nitrogens is 1. The summed E-state index contributed by atoms with van der Waals surface area (Å²) >= 11 is 0. The van der Waals surface area contributed by atoms with E-state index in [9.17, 15) is 4.79 Å². The number of rotatable bonds is 6. The molecule has 17 heavy (non-hydrogen) atoms. The second-order valence-electron chi connectivity index (χ2n) is 4.27. The third kappa shape index (κ3) is 5.45. The normalized spacial score (nSPS) is 12.2. The van der Waals surface area contributed by atoms with Gasteiger partial charge in [-0.05, 0) is 31.9 Å². The highest BCUT2D eigenvalue weighted by Gasteiger charge is 2.03. The van der Waals surface area contributed by atoms with Gasteiger partial charge in [0, 0.05) is 24.5 Å². The Hall–Kier alpha value is -1.42. The third-order valence-electron chi connectivity index (χ3n) is 2.69.